The van der Waals surface area contributed by atoms with Gasteiger partial charge in [-0.25, -0.2) is 0 Å². The standard InChI is InChI=1S/C18H21NO7/c1-5-8-25-12-6-7-15(14(9-12)19(20)21)26-13-10-16(22-2)18(24-4)17(11-13)23-3/h6-7,9-11H,5,8H2,1-4H3. The summed E-state index contributed by atoms with van der Waals surface area (Å²) < 4.78 is 26.9. The molecule has 2 aromatic carbocycles. The van der Waals surface area contributed by atoms with Gasteiger partial charge in [-0.3, -0.25) is 10.1 Å². The molecule has 2 aromatic rings. The lowest BCUT2D eigenvalue weighted by atomic mass is 10.2. The van der Waals surface area contributed by atoms with Crippen LogP contribution in [0.4, 0.5) is 5.69 Å². The van der Waals surface area contributed by atoms with E-state index >= 15 is 0 Å². The maximum Gasteiger partial charge on any atom is 0.315 e. The smallest absolute Gasteiger partial charge is 0.315 e. The number of rotatable bonds is 9. The van der Waals surface area contributed by atoms with Gasteiger partial charge in [0.25, 0.3) is 0 Å². The Kier molecular flexibility index (Phi) is 6.48. The molecule has 0 aliphatic heterocycles. The van der Waals surface area contributed by atoms with E-state index in [0.29, 0.717) is 35.4 Å². The van der Waals surface area contributed by atoms with Crippen LogP contribution in [-0.4, -0.2) is 32.9 Å². The summed E-state index contributed by atoms with van der Waals surface area (Å²) in [6, 6.07) is 7.57. The minimum absolute atomic E-state index is 0.0770. The quantitative estimate of drug-likeness (QED) is 0.487. The van der Waals surface area contributed by atoms with E-state index in [2.05, 4.69) is 0 Å². The van der Waals surface area contributed by atoms with E-state index in [1.165, 1.54) is 33.5 Å². The zero-order valence-electron chi connectivity index (χ0n) is 15.1. The highest BCUT2D eigenvalue weighted by atomic mass is 16.6. The lowest BCUT2D eigenvalue weighted by molar-refractivity contribution is -0.385. The van der Waals surface area contributed by atoms with Crippen LogP contribution in [0.5, 0.6) is 34.5 Å². The minimum Gasteiger partial charge on any atom is -0.493 e. The van der Waals surface area contributed by atoms with Gasteiger partial charge in [0, 0.05) is 12.1 Å². The van der Waals surface area contributed by atoms with E-state index in [0.717, 1.165) is 6.42 Å². The van der Waals surface area contributed by atoms with E-state index in [4.69, 9.17) is 23.7 Å². The van der Waals surface area contributed by atoms with E-state index in [9.17, 15) is 10.1 Å². The Morgan fingerprint density at radius 3 is 2.08 bits per heavy atom. The van der Waals surface area contributed by atoms with E-state index < -0.39 is 4.92 Å². The highest BCUT2D eigenvalue weighted by molar-refractivity contribution is 5.58. The van der Waals surface area contributed by atoms with Crippen molar-refractivity contribution < 1.29 is 28.6 Å². The summed E-state index contributed by atoms with van der Waals surface area (Å²) in [6.07, 6.45) is 0.803. The number of benzene rings is 2. The first-order chi connectivity index (χ1) is 12.5. The van der Waals surface area contributed by atoms with E-state index in [1.807, 2.05) is 6.92 Å². The molecule has 8 heteroatoms. The fourth-order valence-electron chi connectivity index (χ4n) is 2.28. The number of nitrogens with zero attached hydrogens (tertiary/aromatic N) is 1. The molecule has 0 saturated heterocycles. The van der Waals surface area contributed by atoms with Crippen molar-refractivity contribution in [2.75, 3.05) is 27.9 Å². The average Bonchev–Trinajstić information content (AvgIpc) is 2.65. The normalized spacial score (nSPS) is 10.2. The molecule has 0 bridgehead atoms. The first kappa shape index (κ1) is 19.2. The van der Waals surface area contributed by atoms with Crippen LogP contribution in [0.15, 0.2) is 30.3 Å². The van der Waals surface area contributed by atoms with Crippen molar-refractivity contribution in [1.29, 1.82) is 0 Å². The summed E-state index contributed by atoms with van der Waals surface area (Å²) in [5.41, 5.74) is -0.202. The van der Waals surface area contributed by atoms with Gasteiger partial charge < -0.3 is 23.7 Å². The predicted molar refractivity (Wildman–Crippen MR) is 95.1 cm³/mol. The van der Waals surface area contributed by atoms with Crippen LogP contribution in [0.25, 0.3) is 0 Å². The predicted octanol–water partition coefficient (Wildman–Crippen LogP) is 4.20. The summed E-state index contributed by atoms with van der Waals surface area (Å²) in [5, 5.41) is 11.4. The Labute approximate surface area is 151 Å². The second-order valence-electron chi connectivity index (χ2n) is 5.20. The number of nitro benzene ring substituents is 1. The van der Waals surface area contributed by atoms with Crippen LogP contribution in [0, 0.1) is 10.1 Å². The van der Waals surface area contributed by atoms with Crippen LogP contribution in [0.3, 0.4) is 0 Å². The van der Waals surface area contributed by atoms with E-state index in [-0.39, 0.29) is 11.4 Å². The summed E-state index contributed by atoms with van der Waals surface area (Å²) in [6.45, 7) is 2.43. The number of ether oxygens (including phenoxy) is 5. The SMILES string of the molecule is CCCOc1ccc(Oc2cc(OC)c(OC)c(OC)c2)c([N+](=O)[O-])c1. The number of hydrogen-bond donors (Lipinski definition) is 0. The number of methoxy groups -OCH3 is 3. The van der Waals surface area contributed by atoms with Gasteiger partial charge in [0.05, 0.1) is 38.9 Å². The van der Waals surface area contributed by atoms with E-state index in [1.54, 1.807) is 18.2 Å². The Balaban J connectivity index is 2.39. The average molecular weight is 363 g/mol. The van der Waals surface area contributed by atoms with Crippen LogP contribution >= 0.6 is 0 Å². The zero-order valence-corrected chi connectivity index (χ0v) is 15.1. The van der Waals surface area contributed by atoms with Gasteiger partial charge in [0.2, 0.25) is 11.5 Å². The fourth-order valence-corrected chi connectivity index (χ4v) is 2.28. The molecule has 0 saturated carbocycles. The molecular weight excluding hydrogens is 342 g/mol. The first-order valence-corrected chi connectivity index (χ1v) is 7.93. The molecule has 0 radical (unpaired) electrons. The molecular formula is C18H21NO7. The Bertz CT molecular complexity index is 751. The molecule has 0 amide bonds. The van der Waals surface area contributed by atoms with Crippen molar-refractivity contribution in [2.24, 2.45) is 0 Å². The summed E-state index contributed by atoms with van der Waals surface area (Å²) >= 11 is 0. The molecule has 0 aliphatic carbocycles. The molecule has 0 aliphatic rings. The van der Waals surface area contributed by atoms with Crippen LogP contribution in [0.2, 0.25) is 0 Å². The Morgan fingerprint density at radius 1 is 0.923 bits per heavy atom. The zero-order chi connectivity index (χ0) is 19.1. The third-order valence-corrected chi connectivity index (χ3v) is 3.47. The summed E-state index contributed by atoms with van der Waals surface area (Å²) in [4.78, 5) is 10.9. The third kappa shape index (κ3) is 4.27. The van der Waals surface area contributed by atoms with Gasteiger partial charge >= 0.3 is 5.69 Å². The van der Waals surface area contributed by atoms with Crippen LogP contribution < -0.4 is 23.7 Å². The lowest BCUT2D eigenvalue weighted by Gasteiger charge is -2.14. The molecule has 0 N–H and O–H groups in total. The molecule has 140 valence electrons. The molecule has 8 nitrogen and oxygen atoms in total. The highest BCUT2D eigenvalue weighted by Gasteiger charge is 2.20. The highest BCUT2D eigenvalue weighted by Crippen LogP contribution is 2.43. The number of hydrogen-bond acceptors (Lipinski definition) is 7. The lowest BCUT2D eigenvalue weighted by Crippen LogP contribution is -1.99. The molecule has 26 heavy (non-hydrogen) atoms. The first-order valence-electron chi connectivity index (χ1n) is 7.93. The van der Waals surface area contributed by atoms with Gasteiger partial charge in [0.15, 0.2) is 11.5 Å². The minimum atomic E-state index is -0.522. The molecule has 0 spiro atoms. The second kappa shape index (κ2) is 8.80. The van der Waals surface area contributed by atoms with Gasteiger partial charge in [-0.15, -0.1) is 0 Å². The third-order valence-electron chi connectivity index (χ3n) is 3.47. The number of nitro groups is 1. The molecule has 2 rings (SSSR count). The topological polar surface area (TPSA) is 89.3 Å². The van der Waals surface area contributed by atoms with Crippen molar-refractivity contribution >= 4 is 5.69 Å². The van der Waals surface area contributed by atoms with Crippen molar-refractivity contribution in [3.63, 3.8) is 0 Å². The molecule has 0 heterocycles. The van der Waals surface area contributed by atoms with Crippen LogP contribution in [-0.2, 0) is 0 Å². The van der Waals surface area contributed by atoms with Crippen molar-refractivity contribution in [3.8, 4) is 34.5 Å². The van der Waals surface area contributed by atoms with Crippen molar-refractivity contribution in [1.82, 2.24) is 0 Å². The maximum atomic E-state index is 11.4. The molecule has 0 atom stereocenters. The van der Waals surface area contributed by atoms with Crippen LogP contribution in [0.1, 0.15) is 13.3 Å². The van der Waals surface area contributed by atoms with Crippen molar-refractivity contribution in [3.05, 3.63) is 40.4 Å². The summed E-state index contributed by atoms with van der Waals surface area (Å²) in [7, 11) is 4.44. The van der Waals surface area contributed by atoms with Gasteiger partial charge in [0.1, 0.15) is 11.5 Å². The second-order valence-corrected chi connectivity index (χ2v) is 5.20. The van der Waals surface area contributed by atoms with Crippen molar-refractivity contribution in [2.45, 2.75) is 13.3 Å². The largest absolute Gasteiger partial charge is 0.493 e. The van der Waals surface area contributed by atoms with Gasteiger partial charge in [-0.2, -0.15) is 0 Å². The Hall–Kier alpha value is -3.16. The molecule has 0 unspecified atom stereocenters. The molecule has 0 aromatic heterocycles. The molecule has 0 fully saturated rings. The van der Waals surface area contributed by atoms with Gasteiger partial charge in [-0.05, 0) is 18.6 Å². The fraction of sp³-hybridized carbons (Fsp3) is 0.333. The Morgan fingerprint density at radius 2 is 1.58 bits per heavy atom. The maximum absolute atomic E-state index is 11.4. The van der Waals surface area contributed by atoms with Gasteiger partial charge in [-0.1, -0.05) is 6.92 Å². The summed E-state index contributed by atoms with van der Waals surface area (Å²) in [5.74, 6) is 1.97. The monoisotopic (exact) mass is 363 g/mol.